The number of aliphatic carboxylic acids is 2. The van der Waals surface area contributed by atoms with Crippen molar-refractivity contribution < 1.29 is 72.9 Å². The second kappa shape index (κ2) is 34.4. The van der Waals surface area contributed by atoms with E-state index in [1.165, 1.54) is 36.0 Å². The Morgan fingerprint density at radius 1 is 0.600 bits per heavy atom. The van der Waals surface area contributed by atoms with Gasteiger partial charge >= 0.3 is 11.9 Å². The molecule has 0 spiro atoms. The summed E-state index contributed by atoms with van der Waals surface area (Å²) in [5.74, 6) is -13.2. The summed E-state index contributed by atoms with van der Waals surface area (Å²) in [6, 6.07) is -5.93. The molecule has 0 aromatic heterocycles. The van der Waals surface area contributed by atoms with Crippen LogP contribution in [0, 0.1) is 11.8 Å². The number of thioether (sulfide) groups is 1. The van der Waals surface area contributed by atoms with Gasteiger partial charge in [-0.2, -0.15) is 11.8 Å². The van der Waals surface area contributed by atoms with E-state index in [1.807, 2.05) is 0 Å². The fourth-order valence-corrected chi connectivity index (χ4v) is 7.53. The highest BCUT2D eigenvalue weighted by Gasteiger charge is 2.36. The Kier molecular flexibility index (Phi) is 30.3. The van der Waals surface area contributed by atoms with Crippen LogP contribution >= 0.6 is 11.8 Å². The highest BCUT2D eigenvalue weighted by Crippen LogP contribution is 2.14. The van der Waals surface area contributed by atoms with Gasteiger partial charge in [0.05, 0.1) is 19.0 Å². The van der Waals surface area contributed by atoms with Crippen LogP contribution in [-0.2, 0) is 64.0 Å². The minimum Gasteiger partial charge on any atom is -0.508 e. The van der Waals surface area contributed by atoms with Gasteiger partial charge in [-0.05, 0) is 80.2 Å². The van der Waals surface area contributed by atoms with Crippen LogP contribution < -0.4 is 65.5 Å². The average Bonchev–Trinajstić information content (AvgIpc) is 3.34. The molecule has 0 bridgehead atoms. The van der Waals surface area contributed by atoms with Gasteiger partial charge in [0.2, 0.25) is 59.1 Å². The molecule has 9 atom stereocenters. The van der Waals surface area contributed by atoms with Crippen LogP contribution in [0.3, 0.4) is 0 Å². The van der Waals surface area contributed by atoms with Crippen molar-refractivity contribution in [1.82, 2.24) is 42.5 Å². The molecule has 75 heavy (non-hydrogen) atoms. The molecule has 0 saturated heterocycles. The average molecular weight is 1080 g/mol. The van der Waals surface area contributed by atoms with E-state index in [9.17, 15) is 72.9 Å². The smallest absolute Gasteiger partial charge is 0.326 e. The number of phenolic OH excluding ortho intramolecular Hbond substituents is 1. The molecule has 10 amide bonds. The highest BCUT2D eigenvalue weighted by atomic mass is 32.2. The molecule has 0 fully saturated rings. The number of phenols is 1. The number of carbonyl (C=O) groups is 12. The lowest BCUT2D eigenvalue weighted by atomic mass is 9.96. The Hall–Kier alpha value is -7.07. The molecule has 19 N–H and O–H groups in total. The molecule has 0 aliphatic rings. The zero-order valence-corrected chi connectivity index (χ0v) is 43.8. The second-order valence-electron chi connectivity index (χ2n) is 18.2. The van der Waals surface area contributed by atoms with Gasteiger partial charge in [0.25, 0.3) is 0 Å². The van der Waals surface area contributed by atoms with Crippen LogP contribution in [0.15, 0.2) is 24.3 Å². The first-order chi connectivity index (χ1) is 35.2. The zero-order valence-electron chi connectivity index (χ0n) is 42.9. The van der Waals surface area contributed by atoms with Crippen LogP contribution in [0.5, 0.6) is 5.75 Å². The summed E-state index contributed by atoms with van der Waals surface area (Å²) in [6.07, 6.45) is 0.844. The first-order valence-electron chi connectivity index (χ1n) is 24.4. The lowest BCUT2D eigenvalue weighted by molar-refractivity contribution is -0.143. The lowest BCUT2D eigenvalue weighted by Crippen LogP contribution is -2.61. The number of nitrogens with one attached hydrogen (secondary N) is 8. The van der Waals surface area contributed by atoms with Gasteiger partial charge in [-0.1, -0.05) is 52.7 Å². The lowest BCUT2D eigenvalue weighted by Gasteiger charge is -2.29. The second-order valence-corrected chi connectivity index (χ2v) is 19.2. The van der Waals surface area contributed by atoms with Crippen LogP contribution in [0.2, 0.25) is 0 Å². The monoisotopic (exact) mass is 1080 g/mol. The number of amides is 10. The number of nitrogens with two attached hydrogens (primary N) is 4. The molecule has 0 aliphatic carbocycles. The largest absolute Gasteiger partial charge is 0.508 e. The summed E-state index contributed by atoms with van der Waals surface area (Å²) >= 11 is 1.40. The van der Waals surface area contributed by atoms with Gasteiger partial charge in [-0.25, -0.2) is 4.79 Å². The van der Waals surface area contributed by atoms with E-state index in [1.54, 1.807) is 34.0 Å². The van der Waals surface area contributed by atoms with Gasteiger partial charge in [0.15, 0.2) is 0 Å². The topological polar surface area (TPSA) is 466 Å². The Morgan fingerprint density at radius 3 is 1.57 bits per heavy atom. The fourth-order valence-electron chi connectivity index (χ4n) is 7.06. The third kappa shape index (κ3) is 25.6. The van der Waals surface area contributed by atoms with Gasteiger partial charge in [0.1, 0.15) is 48.0 Å². The zero-order chi connectivity index (χ0) is 56.9. The highest BCUT2D eigenvalue weighted by molar-refractivity contribution is 7.98. The predicted molar refractivity (Wildman–Crippen MR) is 273 cm³/mol. The van der Waals surface area contributed by atoms with E-state index < -0.39 is 157 Å². The van der Waals surface area contributed by atoms with Crippen LogP contribution in [0.25, 0.3) is 0 Å². The van der Waals surface area contributed by atoms with E-state index in [4.69, 9.17) is 22.9 Å². The first kappa shape index (κ1) is 65.9. The quantitative estimate of drug-likeness (QED) is 0.0287. The van der Waals surface area contributed by atoms with E-state index in [-0.39, 0.29) is 31.4 Å². The Morgan fingerprint density at radius 2 is 1.09 bits per heavy atom. The number of hydrogen-bond acceptors (Lipinski definition) is 16. The number of carboxylic acid groups (broad SMARTS) is 2. The maximum atomic E-state index is 13.9. The van der Waals surface area contributed by atoms with Crippen molar-refractivity contribution in [3.05, 3.63) is 29.8 Å². The van der Waals surface area contributed by atoms with Crippen LogP contribution in [0.4, 0.5) is 0 Å². The number of unbranched alkanes of at least 4 members (excludes halogenated alkanes) is 1. The molecule has 0 heterocycles. The molecule has 28 heteroatoms. The summed E-state index contributed by atoms with van der Waals surface area (Å²) < 4.78 is 0. The molecule has 0 saturated carbocycles. The predicted octanol–water partition coefficient (Wildman–Crippen LogP) is -3.55. The fraction of sp³-hybridized carbons (Fsp3) is 0.617. The Labute approximate surface area is 439 Å². The number of rotatable bonds is 37. The number of carbonyl (C=O) groups excluding carboxylic acids is 10. The van der Waals surface area contributed by atoms with Gasteiger partial charge in [-0.3, -0.25) is 52.7 Å². The molecule has 0 unspecified atom stereocenters. The number of benzene rings is 1. The van der Waals surface area contributed by atoms with Crippen LogP contribution in [0.1, 0.15) is 97.5 Å². The maximum Gasteiger partial charge on any atom is 0.326 e. The third-order valence-electron chi connectivity index (χ3n) is 11.7. The normalized spacial score (nSPS) is 14.6. The number of carboxylic acids is 2. The SMILES string of the molecule is CC[C@H](C)[C@H](NC(=O)[C@@H](NC(=O)[C@H](CCC(N)=O)NC(=O)[C@H](CCSC)NC(=O)[C@@H](N)CCCCN)C(C)C)C(=O)NCC(=O)N[C@@H](CC(=O)O)C(=O)N[C@@H](CCC(N)=O)C(=O)N[C@@H](Cc1ccc(O)cc1)C(=O)O. The molecule has 0 aliphatic heterocycles. The van der Waals surface area contributed by atoms with E-state index >= 15 is 0 Å². The van der Waals surface area contributed by atoms with E-state index in [2.05, 4.69) is 42.5 Å². The van der Waals surface area contributed by atoms with Crippen molar-refractivity contribution in [3.63, 3.8) is 0 Å². The molecule has 1 rings (SSSR count). The molecule has 420 valence electrons. The maximum absolute atomic E-state index is 13.9. The minimum atomic E-state index is -1.89. The number of primary amides is 2. The molecular weight excluding hydrogens is 1000 g/mol. The van der Waals surface area contributed by atoms with E-state index in [0.717, 1.165) is 0 Å². The molecule has 1 aromatic carbocycles. The van der Waals surface area contributed by atoms with Crippen molar-refractivity contribution in [2.45, 2.75) is 147 Å². The summed E-state index contributed by atoms with van der Waals surface area (Å²) in [5.41, 5.74) is 22.6. The van der Waals surface area contributed by atoms with Crippen molar-refractivity contribution in [2.24, 2.45) is 34.8 Å². The third-order valence-corrected chi connectivity index (χ3v) is 12.3. The number of aromatic hydroxyl groups is 1. The minimum absolute atomic E-state index is 0.0980. The molecule has 27 nitrogen and oxygen atoms in total. The standard InChI is InChI=1S/C47H76N12O15S/c1-6-25(4)39(59-46(72)38(24(2)3)58-43(69)30(15-17-35(51)62)55-42(68)31(18-20-75-5)54-40(66)28(49)9-7-8-19-48)45(71)52-23-36(63)53-32(22-37(64)65)44(70)56-29(14-16-34(50)61)41(67)57-33(47(73)74)21-26-10-12-27(60)13-11-26/h10-13,24-25,28-33,38-39,60H,6-9,14-23,48-49H2,1-5H3,(H2,50,61)(H2,51,62)(H,52,71)(H,53,63)(H,54,66)(H,55,68)(H,56,70)(H,57,67)(H,58,69)(H,59,72)(H,64,65)(H,73,74)/t25-,28-,29-,30-,31-,32-,33-,38-,39-/m0/s1. The van der Waals surface area contributed by atoms with Gasteiger partial charge in [-0.15, -0.1) is 0 Å². The summed E-state index contributed by atoms with van der Waals surface area (Å²) in [4.78, 5) is 155. The van der Waals surface area contributed by atoms with Gasteiger partial charge < -0.3 is 80.8 Å². The molecular formula is C47H76N12O15S. The molecule has 0 radical (unpaired) electrons. The van der Waals surface area contributed by atoms with Crippen molar-refractivity contribution >= 4 is 82.8 Å². The summed E-state index contributed by atoms with van der Waals surface area (Å²) in [6.45, 7) is 6.00. The number of hydrogen-bond donors (Lipinski definition) is 15. The van der Waals surface area contributed by atoms with E-state index in [0.29, 0.717) is 43.5 Å². The van der Waals surface area contributed by atoms with Crippen LogP contribution in [-0.4, -0.2) is 160 Å². The summed E-state index contributed by atoms with van der Waals surface area (Å²) in [7, 11) is 0. The molecule has 1 aromatic rings. The van der Waals surface area contributed by atoms with Gasteiger partial charge in [0, 0.05) is 19.3 Å². The Bertz CT molecular complexity index is 2130. The van der Waals surface area contributed by atoms with Crippen molar-refractivity contribution in [3.8, 4) is 5.75 Å². The summed E-state index contributed by atoms with van der Waals surface area (Å²) in [5, 5.41) is 48.3. The van der Waals surface area contributed by atoms with Crippen molar-refractivity contribution in [1.29, 1.82) is 0 Å². The Balaban J connectivity index is 3.24. The first-order valence-corrected chi connectivity index (χ1v) is 25.8. The van der Waals surface area contributed by atoms with Crippen molar-refractivity contribution in [2.75, 3.05) is 25.1 Å².